The molecular formula is C9H8O3S. The average molecular weight is 196 g/mol. The van der Waals surface area contributed by atoms with Crippen molar-refractivity contribution in [2.45, 2.75) is 6.61 Å². The Labute approximate surface area is 80.0 Å². The van der Waals surface area contributed by atoms with E-state index in [9.17, 15) is 4.79 Å². The van der Waals surface area contributed by atoms with E-state index in [1.54, 1.807) is 6.07 Å². The predicted octanol–water partition coefficient (Wildman–Crippen LogP) is 0.765. The molecule has 0 bridgehead atoms. The van der Waals surface area contributed by atoms with Gasteiger partial charge in [0.15, 0.2) is 0 Å². The summed E-state index contributed by atoms with van der Waals surface area (Å²) in [4.78, 5) is 11.4. The average Bonchev–Trinajstić information content (AvgIpc) is 2.61. The summed E-state index contributed by atoms with van der Waals surface area (Å²) in [6, 6.07) is 1.76. The van der Waals surface area contributed by atoms with Gasteiger partial charge in [0.1, 0.15) is 0 Å². The van der Waals surface area contributed by atoms with E-state index in [2.05, 4.69) is 16.6 Å². The normalized spacial score (nSPS) is 8.77. The van der Waals surface area contributed by atoms with Crippen LogP contribution >= 0.6 is 11.3 Å². The lowest BCUT2D eigenvalue weighted by molar-refractivity contribution is -0.133. The van der Waals surface area contributed by atoms with Crippen LogP contribution in [0.3, 0.4) is 0 Å². The van der Waals surface area contributed by atoms with Crippen molar-refractivity contribution < 1.29 is 14.6 Å². The van der Waals surface area contributed by atoms with E-state index >= 15 is 0 Å². The fraction of sp³-hybridized carbons (Fsp3) is 0.222. The van der Waals surface area contributed by atoms with Crippen LogP contribution in [0, 0.1) is 11.8 Å². The molecule has 68 valence electrons. The number of carbonyl (C=O) groups is 1. The zero-order chi connectivity index (χ0) is 9.68. The maximum Gasteiger partial charge on any atom is 0.384 e. The molecule has 1 aromatic heterocycles. The minimum absolute atomic E-state index is 0.0527. The van der Waals surface area contributed by atoms with Crippen LogP contribution in [0.1, 0.15) is 10.4 Å². The SMILES string of the molecule is COC(=O)C#Cc1ccsc1CO. The van der Waals surface area contributed by atoms with E-state index < -0.39 is 5.97 Å². The van der Waals surface area contributed by atoms with Crippen molar-refractivity contribution in [3.8, 4) is 11.8 Å². The van der Waals surface area contributed by atoms with Gasteiger partial charge in [-0.2, -0.15) is 0 Å². The Hall–Kier alpha value is -1.31. The van der Waals surface area contributed by atoms with E-state index in [1.807, 2.05) is 5.38 Å². The quantitative estimate of drug-likeness (QED) is 0.533. The van der Waals surface area contributed by atoms with Crippen molar-refractivity contribution in [2.24, 2.45) is 0 Å². The minimum atomic E-state index is -0.574. The lowest BCUT2D eigenvalue weighted by Gasteiger charge is -1.89. The van der Waals surface area contributed by atoms with Crippen LogP contribution in [-0.4, -0.2) is 18.2 Å². The van der Waals surface area contributed by atoms with Crippen LogP contribution in [0.5, 0.6) is 0 Å². The second-order valence-corrected chi connectivity index (χ2v) is 3.16. The van der Waals surface area contributed by atoms with Crippen molar-refractivity contribution >= 4 is 17.3 Å². The van der Waals surface area contributed by atoms with E-state index in [-0.39, 0.29) is 6.61 Å². The number of rotatable bonds is 1. The topological polar surface area (TPSA) is 46.5 Å². The number of methoxy groups -OCH3 is 1. The molecule has 0 aliphatic heterocycles. The van der Waals surface area contributed by atoms with Crippen molar-refractivity contribution in [3.05, 3.63) is 21.9 Å². The maximum atomic E-state index is 10.7. The summed E-state index contributed by atoms with van der Waals surface area (Å²) in [6.45, 7) is -0.0527. The number of ether oxygens (including phenoxy) is 1. The van der Waals surface area contributed by atoms with Gasteiger partial charge in [0.25, 0.3) is 0 Å². The van der Waals surface area contributed by atoms with Gasteiger partial charge in [-0.05, 0) is 11.4 Å². The Morgan fingerprint density at radius 1 is 1.77 bits per heavy atom. The standard InChI is InChI=1S/C9H8O3S/c1-12-9(11)3-2-7-4-5-13-8(7)6-10/h4-5,10H,6H2,1H3. The molecular weight excluding hydrogens is 188 g/mol. The number of esters is 1. The van der Waals surface area contributed by atoms with Crippen LogP contribution in [-0.2, 0) is 16.1 Å². The molecule has 0 unspecified atom stereocenters. The lowest BCUT2D eigenvalue weighted by atomic mass is 10.2. The van der Waals surface area contributed by atoms with Crippen LogP contribution in [0.4, 0.5) is 0 Å². The Bertz CT molecular complexity index is 356. The zero-order valence-electron chi connectivity index (χ0n) is 7.03. The summed E-state index contributed by atoms with van der Waals surface area (Å²) in [5.74, 6) is 4.34. The minimum Gasteiger partial charge on any atom is -0.459 e. The molecule has 1 N–H and O–H groups in total. The van der Waals surface area contributed by atoms with Gasteiger partial charge < -0.3 is 9.84 Å². The Kier molecular flexibility index (Phi) is 3.50. The number of hydrogen-bond donors (Lipinski definition) is 1. The van der Waals surface area contributed by atoms with Gasteiger partial charge in [0, 0.05) is 16.4 Å². The molecule has 0 saturated heterocycles. The zero-order valence-corrected chi connectivity index (χ0v) is 7.85. The molecule has 0 fully saturated rings. The van der Waals surface area contributed by atoms with Crippen LogP contribution in [0.15, 0.2) is 11.4 Å². The van der Waals surface area contributed by atoms with Crippen LogP contribution in [0.25, 0.3) is 0 Å². The van der Waals surface area contributed by atoms with Crippen molar-refractivity contribution in [1.82, 2.24) is 0 Å². The van der Waals surface area contributed by atoms with E-state index in [0.717, 1.165) is 4.88 Å². The van der Waals surface area contributed by atoms with Crippen molar-refractivity contribution in [2.75, 3.05) is 7.11 Å². The fourth-order valence-corrected chi connectivity index (χ4v) is 1.43. The molecule has 13 heavy (non-hydrogen) atoms. The van der Waals surface area contributed by atoms with Crippen molar-refractivity contribution in [1.29, 1.82) is 0 Å². The second-order valence-electron chi connectivity index (χ2n) is 2.16. The van der Waals surface area contributed by atoms with Gasteiger partial charge >= 0.3 is 5.97 Å². The molecule has 0 amide bonds. The highest BCUT2D eigenvalue weighted by Crippen LogP contribution is 2.14. The smallest absolute Gasteiger partial charge is 0.384 e. The summed E-state index contributed by atoms with van der Waals surface area (Å²) < 4.78 is 4.35. The third-order valence-electron chi connectivity index (χ3n) is 1.37. The fourth-order valence-electron chi connectivity index (χ4n) is 0.744. The first-order valence-electron chi connectivity index (χ1n) is 3.55. The van der Waals surface area contributed by atoms with Gasteiger partial charge in [0.2, 0.25) is 0 Å². The summed E-state index contributed by atoms with van der Waals surface area (Å²) in [6.07, 6.45) is 0. The molecule has 3 nitrogen and oxygen atoms in total. The Morgan fingerprint density at radius 2 is 2.54 bits per heavy atom. The molecule has 0 radical (unpaired) electrons. The van der Waals surface area contributed by atoms with Crippen molar-refractivity contribution in [3.63, 3.8) is 0 Å². The number of thiophene rings is 1. The van der Waals surface area contributed by atoms with E-state index in [0.29, 0.717) is 5.56 Å². The highest BCUT2D eigenvalue weighted by Gasteiger charge is 1.99. The van der Waals surface area contributed by atoms with E-state index in [4.69, 9.17) is 5.11 Å². The highest BCUT2D eigenvalue weighted by molar-refractivity contribution is 7.10. The van der Waals surface area contributed by atoms with Crippen LogP contribution in [0.2, 0.25) is 0 Å². The van der Waals surface area contributed by atoms with Gasteiger partial charge in [-0.25, -0.2) is 4.79 Å². The maximum absolute atomic E-state index is 10.7. The first-order chi connectivity index (χ1) is 6.27. The monoisotopic (exact) mass is 196 g/mol. The van der Waals surface area contributed by atoms with E-state index in [1.165, 1.54) is 18.4 Å². The molecule has 0 aliphatic carbocycles. The molecule has 0 aliphatic rings. The summed E-state index contributed by atoms with van der Waals surface area (Å²) in [5, 5.41) is 10.7. The third-order valence-corrected chi connectivity index (χ3v) is 2.28. The van der Waals surface area contributed by atoms with Gasteiger partial charge in [-0.3, -0.25) is 0 Å². The molecule has 0 spiro atoms. The Morgan fingerprint density at radius 3 is 3.15 bits per heavy atom. The number of carbonyl (C=O) groups excluding carboxylic acids is 1. The third kappa shape index (κ3) is 2.58. The molecule has 1 aromatic rings. The van der Waals surface area contributed by atoms with Gasteiger partial charge in [-0.15, -0.1) is 11.3 Å². The largest absolute Gasteiger partial charge is 0.459 e. The highest BCUT2D eigenvalue weighted by atomic mass is 32.1. The molecule has 1 rings (SSSR count). The van der Waals surface area contributed by atoms with Crippen LogP contribution < -0.4 is 0 Å². The number of hydrogen-bond acceptors (Lipinski definition) is 4. The predicted molar refractivity (Wildman–Crippen MR) is 49.1 cm³/mol. The van der Waals surface area contributed by atoms with Gasteiger partial charge in [0.05, 0.1) is 13.7 Å². The first kappa shape index (κ1) is 9.78. The molecule has 1 heterocycles. The molecule has 0 atom stereocenters. The molecule has 4 heteroatoms. The molecule has 0 saturated carbocycles. The van der Waals surface area contributed by atoms with Gasteiger partial charge in [-0.1, -0.05) is 5.92 Å². The number of aliphatic hydroxyl groups is 1. The summed E-state index contributed by atoms with van der Waals surface area (Å²) >= 11 is 1.40. The lowest BCUT2D eigenvalue weighted by Crippen LogP contribution is -1.94. The first-order valence-corrected chi connectivity index (χ1v) is 4.43. The Balaban J connectivity index is 2.82. The second kappa shape index (κ2) is 4.65. The number of aliphatic hydroxyl groups excluding tert-OH is 1. The summed E-state index contributed by atoms with van der Waals surface area (Å²) in [7, 11) is 1.28. The molecule has 0 aromatic carbocycles. The summed E-state index contributed by atoms with van der Waals surface area (Å²) in [5.41, 5.74) is 0.679.